The maximum atomic E-state index is 12.8. The van der Waals surface area contributed by atoms with E-state index < -0.39 is 0 Å². The largest absolute Gasteiger partial charge is 0.361 e. The van der Waals surface area contributed by atoms with Gasteiger partial charge in [-0.15, -0.1) is 11.3 Å². The summed E-state index contributed by atoms with van der Waals surface area (Å²) in [5, 5.41) is 13.2. The number of hydrogen-bond donors (Lipinski definition) is 1. The van der Waals surface area contributed by atoms with E-state index in [4.69, 9.17) is 4.52 Å². The number of carbonyl (C=O) groups is 1. The molecule has 0 radical (unpaired) electrons. The predicted molar refractivity (Wildman–Crippen MR) is 105 cm³/mol. The highest BCUT2D eigenvalue weighted by molar-refractivity contribution is 7.10. The number of amides is 1. The zero-order chi connectivity index (χ0) is 19.7. The number of hydrogen-bond acceptors (Lipinski definition) is 7. The van der Waals surface area contributed by atoms with Crippen molar-refractivity contribution < 1.29 is 9.32 Å². The van der Waals surface area contributed by atoms with Gasteiger partial charge in [0.2, 0.25) is 0 Å². The van der Waals surface area contributed by atoms with Gasteiger partial charge in [-0.1, -0.05) is 5.16 Å². The molecule has 1 aliphatic rings. The Bertz CT molecular complexity index is 942. The van der Waals surface area contributed by atoms with Crippen molar-refractivity contribution in [1.29, 1.82) is 0 Å². The normalized spacial score (nSPS) is 15.4. The van der Waals surface area contributed by atoms with Gasteiger partial charge in [-0.25, -0.2) is 4.98 Å². The van der Waals surface area contributed by atoms with E-state index in [1.807, 2.05) is 26.2 Å². The van der Waals surface area contributed by atoms with Gasteiger partial charge >= 0.3 is 0 Å². The first-order chi connectivity index (χ1) is 13.5. The second-order valence-electron chi connectivity index (χ2n) is 7.31. The minimum absolute atomic E-state index is 0.00992. The summed E-state index contributed by atoms with van der Waals surface area (Å²) in [6.07, 6.45) is 4.03. The molecule has 9 heteroatoms. The van der Waals surface area contributed by atoms with Crippen LogP contribution in [-0.2, 0) is 26.1 Å². The fourth-order valence-corrected chi connectivity index (χ4v) is 4.73. The lowest BCUT2D eigenvalue weighted by molar-refractivity contribution is 0.0934. The highest BCUT2D eigenvalue weighted by Gasteiger charge is 2.25. The molecule has 1 atom stereocenters. The third kappa shape index (κ3) is 3.85. The number of nitrogens with zero attached hydrogens (tertiary/aromatic N) is 5. The minimum atomic E-state index is -0.0237. The van der Waals surface area contributed by atoms with Gasteiger partial charge in [0.25, 0.3) is 5.91 Å². The van der Waals surface area contributed by atoms with Crippen molar-refractivity contribution in [3.05, 3.63) is 51.1 Å². The molecule has 0 bridgehead atoms. The number of nitrogens with one attached hydrogen (secondary N) is 1. The standard InChI is InChI=1S/C19H24N6O2S/c1-12(6-25-11-20-10-21-25)22-19(26)17-9-28-18-8-24(5-4-15(17)18)7-16-13(2)23-27-14(16)3/h9-12H,4-8H2,1-3H3,(H,22,26). The summed E-state index contributed by atoms with van der Waals surface area (Å²) < 4.78 is 7.00. The molecule has 0 saturated carbocycles. The van der Waals surface area contributed by atoms with Crippen molar-refractivity contribution in [2.75, 3.05) is 6.54 Å². The minimum Gasteiger partial charge on any atom is -0.361 e. The molecule has 0 aliphatic carbocycles. The average Bonchev–Trinajstić information content (AvgIpc) is 3.38. The van der Waals surface area contributed by atoms with E-state index in [9.17, 15) is 4.79 Å². The van der Waals surface area contributed by atoms with Crippen molar-refractivity contribution in [2.24, 2.45) is 0 Å². The van der Waals surface area contributed by atoms with Crippen molar-refractivity contribution in [2.45, 2.75) is 52.9 Å². The zero-order valence-electron chi connectivity index (χ0n) is 16.3. The number of carbonyl (C=O) groups excluding carboxylic acids is 1. The number of thiophene rings is 1. The van der Waals surface area contributed by atoms with E-state index >= 15 is 0 Å². The Labute approximate surface area is 167 Å². The molecule has 0 aromatic carbocycles. The van der Waals surface area contributed by atoms with Crippen LogP contribution in [0.3, 0.4) is 0 Å². The molecule has 1 N–H and O–H groups in total. The highest BCUT2D eigenvalue weighted by atomic mass is 32.1. The topological polar surface area (TPSA) is 89.1 Å². The van der Waals surface area contributed by atoms with Gasteiger partial charge in [0.1, 0.15) is 18.4 Å². The Morgan fingerprint density at radius 1 is 1.43 bits per heavy atom. The molecule has 1 aliphatic heterocycles. The van der Waals surface area contributed by atoms with Gasteiger partial charge in [-0.05, 0) is 32.8 Å². The third-order valence-corrected chi connectivity index (χ3v) is 6.15. The summed E-state index contributed by atoms with van der Waals surface area (Å²) in [6.45, 7) is 9.12. The van der Waals surface area contributed by atoms with Crippen LogP contribution in [0.1, 0.15) is 44.7 Å². The summed E-state index contributed by atoms with van der Waals surface area (Å²) in [6, 6.07) is -0.0237. The first-order valence-corrected chi connectivity index (χ1v) is 10.3. The van der Waals surface area contributed by atoms with Gasteiger partial charge in [-0.3, -0.25) is 14.4 Å². The summed E-state index contributed by atoms with van der Waals surface area (Å²) >= 11 is 1.67. The van der Waals surface area contributed by atoms with Crippen LogP contribution in [0.25, 0.3) is 0 Å². The number of rotatable bonds is 6. The van der Waals surface area contributed by atoms with Crippen LogP contribution in [-0.4, -0.2) is 43.3 Å². The molecule has 0 spiro atoms. The molecule has 4 rings (SSSR count). The summed E-state index contributed by atoms with van der Waals surface area (Å²) in [7, 11) is 0. The van der Waals surface area contributed by atoms with E-state index in [0.717, 1.165) is 43.1 Å². The first-order valence-electron chi connectivity index (χ1n) is 9.38. The molecule has 28 heavy (non-hydrogen) atoms. The van der Waals surface area contributed by atoms with Gasteiger partial charge in [0.15, 0.2) is 0 Å². The van der Waals surface area contributed by atoms with Gasteiger partial charge in [0.05, 0.1) is 17.8 Å². The number of fused-ring (bicyclic) bond motifs is 1. The summed E-state index contributed by atoms with van der Waals surface area (Å²) in [4.78, 5) is 20.4. The number of aromatic nitrogens is 4. The van der Waals surface area contributed by atoms with Crippen LogP contribution in [0, 0.1) is 13.8 Å². The van der Waals surface area contributed by atoms with E-state index in [1.54, 1.807) is 22.3 Å². The molecular formula is C19H24N6O2S. The lowest BCUT2D eigenvalue weighted by Gasteiger charge is -2.27. The van der Waals surface area contributed by atoms with Gasteiger partial charge in [0, 0.05) is 41.5 Å². The monoisotopic (exact) mass is 400 g/mol. The Morgan fingerprint density at radius 2 is 2.29 bits per heavy atom. The second kappa shape index (κ2) is 7.84. The van der Waals surface area contributed by atoms with Crippen LogP contribution in [0.2, 0.25) is 0 Å². The van der Waals surface area contributed by atoms with Crippen molar-refractivity contribution in [3.63, 3.8) is 0 Å². The third-order valence-electron chi connectivity index (χ3n) is 5.14. The molecule has 148 valence electrons. The van der Waals surface area contributed by atoms with Crippen LogP contribution >= 0.6 is 11.3 Å². The molecule has 1 unspecified atom stereocenters. The maximum Gasteiger partial charge on any atom is 0.252 e. The van der Waals surface area contributed by atoms with Crippen molar-refractivity contribution in [1.82, 2.24) is 30.1 Å². The van der Waals surface area contributed by atoms with Crippen LogP contribution in [0.5, 0.6) is 0 Å². The van der Waals surface area contributed by atoms with Crippen molar-refractivity contribution >= 4 is 17.2 Å². The summed E-state index contributed by atoms with van der Waals surface area (Å²) in [5.41, 5.74) is 4.11. The Hall–Kier alpha value is -2.52. The molecule has 0 fully saturated rings. The molecule has 4 heterocycles. The van der Waals surface area contributed by atoms with Gasteiger partial charge < -0.3 is 9.84 Å². The average molecular weight is 401 g/mol. The lowest BCUT2D eigenvalue weighted by atomic mass is 10.0. The SMILES string of the molecule is Cc1noc(C)c1CN1CCc2c(C(=O)NC(C)Cn3cncn3)csc2C1. The van der Waals surface area contributed by atoms with E-state index in [2.05, 4.69) is 25.5 Å². The van der Waals surface area contributed by atoms with Crippen molar-refractivity contribution in [3.8, 4) is 0 Å². The fourth-order valence-electron chi connectivity index (χ4n) is 3.61. The van der Waals surface area contributed by atoms with Crippen LogP contribution in [0.4, 0.5) is 0 Å². The van der Waals surface area contributed by atoms with Crippen LogP contribution in [0.15, 0.2) is 22.6 Å². The summed E-state index contributed by atoms with van der Waals surface area (Å²) in [5.74, 6) is 0.875. The quantitative estimate of drug-likeness (QED) is 0.683. The smallest absolute Gasteiger partial charge is 0.252 e. The Balaban J connectivity index is 1.40. The van der Waals surface area contributed by atoms with E-state index in [0.29, 0.717) is 6.54 Å². The first kappa shape index (κ1) is 18.8. The Kier molecular flexibility index (Phi) is 5.27. The Morgan fingerprint density at radius 3 is 3.00 bits per heavy atom. The predicted octanol–water partition coefficient (Wildman–Crippen LogP) is 2.32. The number of aryl methyl sites for hydroxylation is 2. The highest BCUT2D eigenvalue weighted by Crippen LogP contribution is 2.30. The molecule has 3 aromatic heterocycles. The maximum absolute atomic E-state index is 12.8. The van der Waals surface area contributed by atoms with Crippen LogP contribution < -0.4 is 5.32 Å². The molecule has 3 aromatic rings. The molecular weight excluding hydrogens is 376 g/mol. The lowest BCUT2D eigenvalue weighted by Crippen LogP contribution is -2.37. The fraction of sp³-hybridized carbons (Fsp3) is 0.474. The van der Waals surface area contributed by atoms with E-state index in [1.165, 1.54) is 22.3 Å². The van der Waals surface area contributed by atoms with E-state index in [-0.39, 0.29) is 11.9 Å². The molecule has 0 saturated heterocycles. The van der Waals surface area contributed by atoms with Gasteiger partial charge in [-0.2, -0.15) is 5.10 Å². The molecule has 1 amide bonds. The molecule has 8 nitrogen and oxygen atoms in total. The second-order valence-corrected chi connectivity index (χ2v) is 8.27. The zero-order valence-corrected chi connectivity index (χ0v) is 17.1.